The lowest BCUT2D eigenvalue weighted by Gasteiger charge is -2.59. The highest BCUT2D eigenvalue weighted by molar-refractivity contribution is 6.07. The van der Waals surface area contributed by atoms with Crippen LogP contribution >= 0.6 is 0 Å². The molecule has 6 N–H and O–H groups in total. The topological polar surface area (TPSA) is 161 Å². The molecule has 0 saturated heterocycles. The van der Waals surface area contributed by atoms with Crippen molar-refractivity contribution in [2.24, 2.45) is 41.2 Å². The number of likely N-dealkylation sites (N-methyl/N-ethyl adjacent to an activating group) is 1. The van der Waals surface area contributed by atoms with Gasteiger partial charge in [0, 0.05) is 17.9 Å². The molecule has 168 valence electrons. The van der Waals surface area contributed by atoms with E-state index in [0.29, 0.717) is 12.8 Å². The van der Waals surface area contributed by atoms with Crippen molar-refractivity contribution in [1.82, 2.24) is 4.90 Å². The summed E-state index contributed by atoms with van der Waals surface area (Å²) in [6, 6.07) is -0.787. The first-order valence-corrected chi connectivity index (χ1v) is 10.8. The van der Waals surface area contributed by atoms with Crippen LogP contribution in [0.1, 0.15) is 32.1 Å². The Kier molecular flexibility index (Phi) is 5.34. The van der Waals surface area contributed by atoms with Crippen molar-refractivity contribution in [3.8, 4) is 0 Å². The Morgan fingerprint density at radius 2 is 1.73 bits per heavy atom. The standard InChI is InChI=1S/C21H32N2O7/c1-23(2)15-10-7-9-6-8-4-3-5-11(24)12(8)16(25)13(9)18(27)21(10,30)19(28)14(17(15)26)20(22)29/h8-15,17-18,24,26-27,30H,3-7H2,1-2H3,(H2,22,29)/t8?,9-,10-,11?,12?,13?,14?,15-,17?,18?,21-/m0/s1. The number of nitrogens with zero attached hydrogens (tertiary/aromatic N) is 1. The van der Waals surface area contributed by atoms with E-state index >= 15 is 0 Å². The van der Waals surface area contributed by atoms with Crippen molar-refractivity contribution in [3.63, 3.8) is 0 Å². The molecule has 4 fully saturated rings. The zero-order valence-electron chi connectivity index (χ0n) is 17.3. The number of ketones is 2. The molecule has 9 nitrogen and oxygen atoms in total. The predicted octanol–water partition coefficient (Wildman–Crippen LogP) is -1.94. The number of rotatable bonds is 2. The smallest absolute Gasteiger partial charge is 0.230 e. The first-order valence-electron chi connectivity index (χ1n) is 10.8. The second kappa shape index (κ2) is 7.34. The third kappa shape index (κ3) is 2.82. The van der Waals surface area contributed by atoms with Crippen LogP contribution in [0.3, 0.4) is 0 Å². The molecule has 4 rings (SSSR count). The average molecular weight is 424 g/mol. The van der Waals surface area contributed by atoms with E-state index in [9.17, 15) is 34.8 Å². The summed E-state index contributed by atoms with van der Waals surface area (Å²) in [6.07, 6.45) is -0.856. The molecular weight excluding hydrogens is 392 g/mol. The number of hydrogen-bond acceptors (Lipinski definition) is 8. The lowest BCUT2D eigenvalue weighted by molar-refractivity contribution is -0.227. The van der Waals surface area contributed by atoms with Gasteiger partial charge in [0.15, 0.2) is 11.4 Å². The SMILES string of the molecule is CN(C)[C@@H]1C(O)C(C(N)=O)C(=O)[C@@]2(O)C(O)C3C(=O)C4C(O)CCCC4C[C@H]3C[C@@H]12. The zero-order valence-corrected chi connectivity index (χ0v) is 17.3. The monoisotopic (exact) mass is 424 g/mol. The van der Waals surface area contributed by atoms with Crippen molar-refractivity contribution in [2.75, 3.05) is 14.1 Å². The minimum atomic E-state index is -2.36. The maximum atomic E-state index is 13.3. The molecule has 4 aliphatic carbocycles. The number of Topliss-reactive ketones (excluding diaryl/α,β-unsaturated/α-hetero) is 2. The highest BCUT2D eigenvalue weighted by atomic mass is 16.4. The molecule has 0 radical (unpaired) electrons. The Morgan fingerprint density at radius 1 is 1.07 bits per heavy atom. The third-order valence-electron chi connectivity index (χ3n) is 8.36. The molecular formula is C21H32N2O7. The van der Waals surface area contributed by atoms with Gasteiger partial charge in [-0.3, -0.25) is 14.4 Å². The number of nitrogens with two attached hydrogens (primary N) is 1. The summed E-state index contributed by atoms with van der Waals surface area (Å²) in [6.45, 7) is 0. The Balaban J connectivity index is 1.77. The van der Waals surface area contributed by atoms with E-state index in [1.165, 1.54) is 0 Å². The highest BCUT2D eigenvalue weighted by Crippen LogP contribution is 2.55. The summed E-state index contributed by atoms with van der Waals surface area (Å²) in [7, 11) is 3.33. The first-order chi connectivity index (χ1) is 14.0. The largest absolute Gasteiger partial charge is 0.392 e. The molecule has 4 saturated carbocycles. The van der Waals surface area contributed by atoms with Gasteiger partial charge in [0.05, 0.1) is 18.1 Å². The number of hydrogen-bond donors (Lipinski definition) is 5. The Morgan fingerprint density at radius 3 is 2.33 bits per heavy atom. The van der Waals surface area contributed by atoms with Gasteiger partial charge in [-0.25, -0.2) is 0 Å². The Labute approximate surface area is 175 Å². The predicted molar refractivity (Wildman–Crippen MR) is 104 cm³/mol. The van der Waals surface area contributed by atoms with E-state index in [2.05, 4.69) is 0 Å². The van der Waals surface area contributed by atoms with Gasteiger partial charge in [-0.2, -0.15) is 0 Å². The summed E-state index contributed by atoms with van der Waals surface area (Å²) in [5.74, 6) is -6.76. The van der Waals surface area contributed by atoms with Crippen molar-refractivity contribution in [3.05, 3.63) is 0 Å². The maximum Gasteiger partial charge on any atom is 0.230 e. The molecule has 0 aromatic carbocycles. The van der Waals surface area contributed by atoms with Gasteiger partial charge in [0.2, 0.25) is 5.91 Å². The number of amides is 1. The van der Waals surface area contributed by atoms with Crippen molar-refractivity contribution >= 4 is 17.5 Å². The van der Waals surface area contributed by atoms with Gasteiger partial charge in [0.1, 0.15) is 17.8 Å². The van der Waals surface area contributed by atoms with Crippen LogP contribution in [0.25, 0.3) is 0 Å². The molecule has 30 heavy (non-hydrogen) atoms. The summed E-state index contributed by atoms with van der Waals surface area (Å²) in [5, 5.41) is 44.0. The summed E-state index contributed by atoms with van der Waals surface area (Å²) in [4.78, 5) is 40.1. The summed E-state index contributed by atoms with van der Waals surface area (Å²) >= 11 is 0. The van der Waals surface area contributed by atoms with Gasteiger partial charge in [-0.1, -0.05) is 6.42 Å². The molecule has 0 aromatic rings. The van der Waals surface area contributed by atoms with Crippen LogP contribution in [0.15, 0.2) is 0 Å². The molecule has 1 amide bonds. The van der Waals surface area contributed by atoms with Crippen molar-refractivity contribution in [2.45, 2.75) is 62.1 Å². The van der Waals surface area contributed by atoms with Gasteiger partial charge < -0.3 is 31.1 Å². The van der Waals surface area contributed by atoms with Gasteiger partial charge >= 0.3 is 0 Å². The molecule has 4 aliphatic rings. The number of aliphatic hydroxyl groups is 4. The number of fused-ring (bicyclic) bond motifs is 3. The van der Waals surface area contributed by atoms with E-state index in [-0.39, 0.29) is 24.0 Å². The lowest BCUT2D eigenvalue weighted by atomic mass is 9.49. The molecule has 11 atom stereocenters. The van der Waals surface area contributed by atoms with Gasteiger partial charge in [-0.05, 0) is 51.6 Å². The number of aliphatic hydroxyl groups excluding tert-OH is 3. The van der Waals surface area contributed by atoms with E-state index in [1.54, 1.807) is 19.0 Å². The molecule has 0 bridgehead atoms. The van der Waals surface area contributed by atoms with Crippen LogP contribution < -0.4 is 5.73 Å². The lowest BCUT2D eigenvalue weighted by Crippen LogP contribution is -2.76. The Hall–Kier alpha value is -1.39. The first kappa shape index (κ1) is 21.8. The van der Waals surface area contributed by atoms with Crippen molar-refractivity contribution < 1.29 is 34.8 Å². The third-order valence-corrected chi connectivity index (χ3v) is 8.36. The zero-order chi connectivity index (χ0) is 22.1. The number of primary amides is 1. The fraction of sp³-hybridized carbons (Fsp3) is 0.857. The fourth-order valence-electron chi connectivity index (χ4n) is 7.12. The van der Waals surface area contributed by atoms with Gasteiger partial charge in [0.25, 0.3) is 0 Å². The second-order valence-corrected chi connectivity index (χ2v) is 10.0. The average Bonchev–Trinajstić information content (AvgIpc) is 2.64. The molecule has 9 heteroatoms. The van der Waals surface area contributed by atoms with Crippen LogP contribution in [-0.4, -0.2) is 86.8 Å². The van der Waals surface area contributed by atoms with E-state index in [1.807, 2.05) is 0 Å². The van der Waals surface area contributed by atoms with Crippen LogP contribution in [0, 0.1) is 35.5 Å². The molecule has 0 aliphatic heterocycles. The normalized spacial score (nSPS) is 51.2. The van der Waals surface area contributed by atoms with E-state index in [0.717, 1.165) is 12.8 Å². The highest BCUT2D eigenvalue weighted by Gasteiger charge is 2.69. The fourth-order valence-corrected chi connectivity index (χ4v) is 7.12. The minimum Gasteiger partial charge on any atom is -0.392 e. The van der Waals surface area contributed by atoms with E-state index in [4.69, 9.17) is 5.73 Å². The summed E-state index contributed by atoms with van der Waals surface area (Å²) in [5.41, 5.74) is 3.01. The maximum absolute atomic E-state index is 13.3. The van der Waals surface area contributed by atoms with Crippen LogP contribution in [0.2, 0.25) is 0 Å². The van der Waals surface area contributed by atoms with Crippen LogP contribution in [0.4, 0.5) is 0 Å². The minimum absolute atomic E-state index is 0.0151. The van der Waals surface area contributed by atoms with Crippen LogP contribution in [0.5, 0.6) is 0 Å². The van der Waals surface area contributed by atoms with Crippen LogP contribution in [-0.2, 0) is 14.4 Å². The summed E-state index contributed by atoms with van der Waals surface area (Å²) < 4.78 is 0. The van der Waals surface area contributed by atoms with E-state index < -0.39 is 65.3 Å². The molecule has 7 unspecified atom stereocenters. The van der Waals surface area contributed by atoms with Crippen molar-refractivity contribution in [1.29, 1.82) is 0 Å². The van der Waals surface area contributed by atoms with Gasteiger partial charge in [-0.15, -0.1) is 0 Å². The molecule has 0 heterocycles. The number of carbonyl (C=O) groups is 3. The molecule has 0 aromatic heterocycles. The quantitative estimate of drug-likeness (QED) is 0.320. The molecule has 0 spiro atoms. The second-order valence-electron chi connectivity index (χ2n) is 10.0. The Bertz CT molecular complexity index is 758. The number of carbonyl (C=O) groups excluding carboxylic acids is 3.